The van der Waals surface area contributed by atoms with Crippen LogP contribution in [-0.2, 0) is 710 Å². The molecule has 0 aliphatic heterocycles. The van der Waals surface area contributed by atoms with E-state index in [1.807, 2.05) is 0 Å². The van der Waals surface area contributed by atoms with Gasteiger partial charge in [0.1, 0.15) is 0 Å². The zero-order valence-electron chi connectivity index (χ0n) is 59.4. The fourth-order valence-corrected chi connectivity index (χ4v) is 1.58. The molecule has 0 aromatic heterocycles. The summed E-state index contributed by atoms with van der Waals surface area (Å²) in [5.41, 5.74) is 0. The molecule has 0 aromatic carbocycles. The Bertz CT molecular complexity index is 1690. The quantitative estimate of drug-likeness (QED) is 0.0256. The molecule has 860 valence electrons. The van der Waals surface area contributed by atoms with Gasteiger partial charge in [-0.25, -0.2) is 5.26 Å². The van der Waals surface area contributed by atoms with E-state index in [-0.39, 0.29) is 51.4 Å². The van der Waals surface area contributed by atoms with Crippen molar-refractivity contribution < 1.29 is 772 Å². The third-order valence-electron chi connectivity index (χ3n) is 3.89. The molecule has 0 aliphatic rings. The topological polar surface area (TPSA) is 1340 Å². The van der Waals surface area contributed by atoms with Gasteiger partial charge in [0, 0.05) is 625 Å². The summed E-state index contributed by atoms with van der Waals surface area (Å²) in [4.78, 5) is 0. The van der Waals surface area contributed by atoms with Crippen molar-refractivity contribution in [3.8, 4) is 0 Å². The number of hydrogen-bond acceptors (Lipinski definition) is 143. The predicted molar refractivity (Wildman–Crippen MR) is 156 cm³/mol. The van der Waals surface area contributed by atoms with Crippen molar-refractivity contribution in [2.45, 2.75) is 0 Å². The molecule has 0 saturated carbocycles. The van der Waals surface area contributed by atoms with Gasteiger partial charge in [-0.3, -0.25) is 5.04 Å². The van der Waals surface area contributed by atoms with E-state index in [1.54, 1.807) is 0 Å². The van der Waals surface area contributed by atoms with Crippen LogP contribution in [0.25, 0.3) is 0 Å². The van der Waals surface area contributed by atoms with Crippen molar-refractivity contribution in [1.82, 2.24) is 0 Å². The Labute approximate surface area is 772 Å². The zero-order valence-corrected chi connectivity index (χ0v) is 62.5. The normalized spacial score (nSPS) is 11.8. The first-order chi connectivity index (χ1) is 71.4. The number of rotatable bonds is 140. The molecule has 0 atom stereocenters. The summed E-state index contributed by atoms with van der Waals surface area (Å²) in [6.07, 6.45) is 0. The minimum Gasteiger partial charge on any atom is -0.689 e. The molecule has 1 N–H and O–H groups in total. The molecule has 0 radical (unpaired) electrons. The van der Waals surface area contributed by atoms with E-state index < -0.39 is 0 Å². The van der Waals surface area contributed by atoms with Crippen LogP contribution in [-0.4, -0.2) is 5.26 Å². The first kappa shape index (κ1) is 142. The minimum atomic E-state index is 0. The van der Waals surface area contributed by atoms with Crippen LogP contribution < -0.4 is 56.6 Å². The van der Waals surface area contributed by atoms with Gasteiger partial charge in [-0.15, -0.1) is 0 Å². The molecule has 0 rings (SSSR count). The largest absolute Gasteiger partial charge is 1.00 e. The first-order valence-corrected chi connectivity index (χ1v) is 23.7. The minimum absolute atomic E-state index is 0. The summed E-state index contributed by atoms with van der Waals surface area (Å²) in [6.45, 7) is 0. The van der Waals surface area contributed by atoms with Gasteiger partial charge >= 0.3 is 51.4 Å². The molecule has 144 heteroatoms. The van der Waals surface area contributed by atoms with E-state index in [0.717, 1.165) is 0 Å². The molecular formula is HKO143. The van der Waals surface area contributed by atoms with E-state index in [2.05, 4.69) is 710 Å². The van der Waals surface area contributed by atoms with Crippen molar-refractivity contribution in [1.29, 1.82) is 0 Å². The molecular weight excluding hydrogens is 2330 g/mol. The molecule has 0 unspecified atom stereocenters. The van der Waals surface area contributed by atoms with E-state index in [1.165, 1.54) is 0 Å². The SMILES string of the molecule is [K+].[O-]OOOOOOOOOOOOOOOOOOOOOOOOOOOOOOOOOOOOOOOOOOOOOOOOOOOOOOOOOOOOOOOOOOOOOOOOOOOOOOOOOOOOOOOOOOOOOOOOOOOOOOOOOOOOOOOOOOOOOOOOOOOOOOOOOOOOOOOOOOOOOO. The fourth-order valence-electron chi connectivity index (χ4n) is 1.58. The molecule has 0 heterocycles. The summed E-state index contributed by atoms with van der Waals surface area (Å²) < 4.78 is 0. The first-order valence-electron chi connectivity index (χ1n) is 23.7. The van der Waals surface area contributed by atoms with Gasteiger partial charge in [0.05, 0.1) is 0 Å². The molecule has 0 fully saturated rings. The van der Waals surface area contributed by atoms with Crippen LogP contribution in [0, 0.1) is 0 Å². The Morgan fingerprint density at radius 3 is 0.132 bits per heavy atom. The molecule has 0 spiro atoms. The van der Waals surface area contributed by atoms with Crippen LogP contribution in [0.4, 0.5) is 0 Å². The summed E-state index contributed by atoms with van der Waals surface area (Å²) >= 11 is 0. The second-order valence-corrected chi connectivity index (χ2v) is 9.60. The van der Waals surface area contributed by atoms with Crippen molar-refractivity contribution in [3.63, 3.8) is 0 Å². The molecule has 0 amide bonds. The van der Waals surface area contributed by atoms with Gasteiger partial charge in [-0.2, -0.15) is 0 Å². The summed E-state index contributed by atoms with van der Waals surface area (Å²) in [7, 11) is 0. The Hall–Kier alpha value is -4.08. The Morgan fingerprint density at radius 2 is 0.0972 bits per heavy atom. The molecule has 144 heavy (non-hydrogen) atoms. The van der Waals surface area contributed by atoms with Crippen LogP contribution >= 0.6 is 0 Å². The molecule has 0 aromatic rings. The number of hydrogen-bond donors (Lipinski definition) is 1. The maximum absolute atomic E-state index is 9.23. The van der Waals surface area contributed by atoms with Crippen molar-refractivity contribution in [2.24, 2.45) is 0 Å². The van der Waals surface area contributed by atoms with Gasteiger partial charge in [0.2, 0.25) is 0 Å². The van der Waals surface area contributed by atoms with Crippen molar-refractivity contribution >= 4 is 0 Å². The summed E-state index contributed by atoms with van der Waals surface area (Å²) in [5.74, 6) is 0. The third kappa shape index (κ3) is 140. The van der Waals surface area contributed by atoms with Crippen molar-refractivity contribution in [3.05, 3.63) is 0 Å². The van der Waals surface area contributed by atoms with E-state index in [4.69, 9.17) is 5.26 Å². The van der Waals surface area contributed by atoms with Crippen LogP contribution in [0.3, 0.4) is 0 Å². The predicted octanol–water partition coefficient (Wildman–Crippen LogP) is -13.8. The maximum Gasteiger partial charge on any atom is 1.00 e. The van der Waals surface area contributed by atoms with Crippen molar-refractivity contribution in [2.75, 3.05) is 0 Å². The van der Waals surface area contributed by atoms with Crippen LogP contribution in [0.1, 0.15) is 0 Å². The standard InChI is InChI=1S/K.H2O143/c;1-3-5-7-9-11-13-15-17-19-21-23-25-27-29-31-33-35-37-39-41-43-45-47-49-51-53-55-57-59-61-63-65-67-69-71-73-75-77-79-81-83-85-87-89-91-93-95-97-99-101-103-105-107-109-111-113-115-117-119-121-123-125-127-129-131-133-135-137-139-141-143-142-140-138-136-134-132-130-128-126-124-122-120-118-116-114-112-110-108-106-104-102-100-98-96-94-92-90-88-86-84-82-80-78-76-74-72-70-68-66-64-62-60-58-56-54-52-50-48-46-44-42-40-38-36-34-32-30-28-26-24-22-20-18-16-14-12-10-8-6-4-2/h;1-2H/q+1;/p-1. The Morgan fingerprint density at radius 1 is 0.0625 bits per heavy atom. The van der Waals surface area contributed by atoms with Crippen LogP contribution in [0.5, 0.6) is 0 Å². The average molecular weight is 2330 g/mol. The maximum atomic E-state index is 9.23. The van der Waals surface area contributed by atoms with E-state index in [9.17, 15) is 5.26 Å². The van der Waals surface area contributed by atoms with E-state index >= 15 is 0 Å². The van der Waals surface area contributed by atoms with Crippen LogP contribution in [0.15, 0.2) is 0 Å². The second kappa shape index (κ2) is 141. The molecule has 0 saturated heterocycles. The van der Waals surface area contributed by atoms with E-state index in [0.29, 0.717) is 0 Å². The molecule has 0 aliphatic carbocycles. The average Bonchev–Trinajstić information content (AvgIpc) is 1.12. The smallest absolute Gasteiger partial charge is 0.689 e. The fraction of sp³-hybridized carbons (Fsp3) is 0. The molecule has 143 nitrogen and oxygen atoms in total. The third-order valence-corrected chi connectivity index (χ3v) is 3.89. The zero-order chi connectivity index (χ0) is 102. The monoisotopic (exact) mass is 2330 g/mol. The Balaban J connectivity index is 0. The second-order valence-electron chi connectivity index (χ2n) is 9.60. The van der Waals surface area contributed by atoms with Gasteiger partial charge in [0.25, 0.3) is 0 Å². The Kier molecular flexibility index (Phi) is 139. The van der Waals surface area contributed by atoms with Crippen LogP contribution in [0.2, 0.25) is 0 Å². The van der Waals surface area contributed by atoms with Gasteiger partial charge in [-0.05, 0) is 80.6 Å². The summed E-state index contributed by atoms with van der Waals surface area (Å²) in [5, 5.41) is 507. The molecule has 0 bridgehead atoms. The van der Waals surface area contributed by atoms with Gasteiger partial charge in [-0.1, -0.05) is 0 Å². The van der Waals surface area contributed by atoms with Gasteiger partial charge < -0.3 is 5.26 Å². The van der Waals surface area contributed by atoms with Gasteiger partial charge in [0.15, 0.2) is 0 Å². The summed E-state index contributed by atoms with van der Waals surface area (Å²) in [6, 6.07) is 0.